The van der Waals surface area contributed by atoms with Gasteiger partial charge in [0.1, 0.15) is 5.69 Å². The molecule has 0 saturated carbocycles. The van der Waals surface area contributed by atoms with Crippen molar-refractivity contribution >= 4 is 28.4 Å². The zero-order valence-electron chi connectivity index (χ0n) is 16.6. The van der Waals surface area contributed by atoms with E-state index in [0.717, 1.165) is 38.7 Å². The number of fused-ring (bicyclic) bond motifs is 1. The van der Waals surface area contributed by atoms with Crippen LogP contribution in [0.25, 0.3) is 33.2 Å². The number of carbonyl (C=O) groups is 1. The molecule has 5 heteroatoms. The van der Waals surface area contributed by atoms with Crippen molar-refractivity contribution < 1.29 is 4.79 Å². The predicted molar refractivity (Wildman–Crippen MR) is 120 cm³/mol. The van der Waals surface area contributed by atoms with E-state index in [-0.39, 0.29) is 0 Å². The Morgan fingerprint density at radius 2 is 1.76 bits per heavy atom. The molecule has 2 N–H and O–H groups in total. The molecule has 0 bridgehead atoms. The van der Waals surface area contributed by atoms with Gasteiger partial charge < -0.3 is 5.73 Å². The Morgan fingerprint density at radius 3 is 2.48 bits per heavy atom. The molecule has 4 rings (SSSR count). The van der Waals surface area contributed by atoms with Crippen molar-refractivity contribution in [2.75, 3.05) is 6.26 Å². The molecule has 1 heterocycles. The molecule has 144 valence electrons. The number of nitrogens with zero attached hydrogens (tertiary/aromatic N) is 2. The molecule has 29 heavy (non-hydrogen) atoms. The van der Waals surface area contributed by atoms with Gasteiger partial charge in [0.25, 0.3) is 0 Å². The number of hydrogen-bond donors (Lipinski definition) is 1. The van der Waals surface area contributed by atoms with Crippen LogP contribution in [0.3, 0.4) is 0 Å². The van der Waals surface area contributed by atoms with Crippen LogP contribution in [0.1, 0.15) is 21.5 Å². The van der Waals surface area contributed by atoms with Crippen LogP contribution < -0.4 is 5.73 Å². The summed E-state index contributed by atoms with van der Waals surface area (Å²) in [6.45, 7) is 4.12. The van der Waals surface area contributed by atoms with Crippen LogP contribution in [0.2, 0.25) is 0 Å². The fourth-order valence-corrected chi connectivity index (χ4v) is 4.07. The summed E-state index contributed by atoms with van der Waals surface area (Å²) in [5.74, 6) is -0.427. The van der Waals surface area contributed by atoms with Crippen molar-refractivity contribution in [2.24, 2.45) is 5.73 Å². The van der Waals surface area contributed by atoms with E-state index in [1.807, 2.05) is 19.1 Å². The first-order valence-electron chi connectivity index (χ1n) is 9.29. The highest BCUT2D eigenvalue weighted by atomic mass is 32.2. The highest BCUT2D eigenvalue weighted by molar-refractivity contribution is 7.98. The van der Waals surface area contributed by atoms with E-state index in [2.05, 4.69) is 59.8 Å². The molecule has 0 radical (unpaired) electrons. The number of nitrogens with two attached hydrogens (primary N) is 1. The van der Waals surface area contributed by atoms with Gasteiger partial charge in [-0.1, -0.05) is 24.3 Å². The number of primary amides is 1. The van der Waals surface area contributed by atoms with Gasteiger partial charge in [0, 0.05) is 26.8 Å². The Morgan fingerprint density at radius 1 is 0.931 bits per heavy atom. The van der Waals surface area contributed by atoms with Crippen molar-refractivity contribution in [3.63, 3.8) is 0 Å². The van der Waals surface area contributed by atoms with E-state index in [9.17, 15) is 4.79 Å². The van der Waals surface area contributed by atoms with Crippen LogP contribution in [0, 0.1) is 13.8 Å². The van der Waals surface area contributed by atoms with Crippen LogP contribution in [0.15, 0.2) is 65.7 Å². The molecular weight excluding hydrogens is 378 g/mol. The normalized spacial score (nSPS) is 11.0. The summed E-state index contributed by atoms with van der Waals surface area (Å²) in [7, 11) is 0. The maximum Gasteiger partial charge on any atom is 0.248 e. The van der Waals surface area contributed by atoms with Crippen molar-refractivity contribution in [1.29, 1.82) is 0 Å². The minimum Gasteiger partial charge on any atom is -0.366 e. The summed E-state index contributed by atoms with van der Waals surface area (Å²) in [6.07, 6.45) is 3.85. The maximum absolute atomic E-state index is 11.6. The molecule has 0 aliphatic rings. The van der Waals surface area contributed by atoms with Crippen LogP contribution >= 0.6 is 11.8 Å². The van der Waals surface area contributed by atoms with E-state index in [4.69, 9.17) is 5.73 Å². The lowest BCUT2D eigenvalue weighted by molar-refractivity contribution is 0.100. The minimum atomic E-state index is -0.427. The summed E-state index contributed by atoms with van der Waals surface area (Å²) >= 11 is 1.73. The minimum absolute atomic E-state index is 0.427. The number of aryl methyl sites for hydroxylation is 2. The first-order chi connectivity index (χ1) is 14.0. The van der Waals surface area contributed by atoms with Gasteiger partial charge in [-0.25, -0.2) is 0 Å². The van der Waals surface area contributed by atoms with Gasteiger partial charge in [0.05, 0.1) is 6.20 Å². The largest absolute Gasteiger partial charge is 0.366 e. The monoisotopic (exact) mass is 399 g/mol. The summed E-state index contributed by atoms with van der Waals surface area (Å²) in [6, 6.07) is 18.2. The molecule has 1 amide bonds. The first kappa shape index (κ1) is 19.2. The van der Waals surface area contributed by atoms with E-state index < -0.39 is 5.91 Å². The van der Waals surface area contributed by atoms with E-state index in [1.165, 1.54) is 10.5 Å². The lowest BCUT2D eigenvalue weighted by Crippen LogP contribution is -2.10. The van der Waals surface area contributed by atoms with Crippen molar-refractivity contribution in [1.82, 2.24) is 10.2 Å². The van der Waals surface area contributed by atoms with Crippen LogP contribution in [-0.2, 0) is 0 Å². The second kappa shape index (κ2) is 7.68. The second-order valence-corrected chi connectivity index (χ2v) is 7.95. The Kier molecular flexibility index (Phi) is 5.07. The molecule has 0 aliphatic carbocycles. The van der Waals surface area contributed by atoms with Gasteiger partial charge >= 0.3 is 0 Å². The number of amides is 1. The topological polar surface area (TPSA) is 68.9 Å². The summed E-state index contributed by atoms with van der Waals surface area (Å²) in [4.78, 5) is 12.8. The van der Waals surface area contributed by atoms with Crippen LogP contribution in [-0.4, -0.2) is 22.4 Å². The Balaban J connectivity index is 1.86. The fourth-order valence-electron chi connectivity index (χ4n) is 3.57. The van der Waals surface area contributed by atoms with Crippen molar-refractivity contribution in [3.05, 3.63) is 77.5 Å². The summed E-state index contributed by atoms with van der Waals surface area (Å²) < 4.78 is 0. The van der Waals surface area contributed by atoms with Gasteiger partial charge in [-0.15, -0.1) is 16.9 Å². The van der Waals surface area contributed by atoms with E-state index in [0.29, 0.717) is 5.56 Å². The van der Waals surface area contributed by atoms with E-state index in [1.54, 1.807) is 24.0 Å². The Labute approximate surface area is 174 Å². The highest BCUT2D eigenvalue weighted by Gasteiger charge is 2.12. The molecule has 0 spiro atoms. The van der Waals surface area contributed by atoms with Gasteiger partial charge in [-0.2, -0.15) is 5.10 Å². The van der Waals surface area contributed by atoms with E-state index >= 15 is 0 Å². The van der Waals surface area contributed by atoms with Crippen LogP contribution in [0.5, 0.6) is 0 Å². The molecule has 4 nitrogen and oxygen atoms in total. The predicted octanol–water partition coefficient (Wildman–Crippen LogP) is 5.40. The summed E-state index contributed by atoms with van der Waals surface area (Å²) in [5, 5.41) is 10.7. The second-order valence-electron chi connectivity index (χ2n) is 7.07. The molecule has 1 aromatic heterocycles. The molecule has 0 saturated heterocycles. The third kappa shape index (κ3) is 3.61. The third-order valence-electron chi connectivity index (χ3n) is 5.18. The standard InChI is InChI=1S/C24H21N3OS/c1-14-4-5-17(24(25)28)12-22(14)16-6-8-21-18(11-16)13-26-27-23(21)20-9-7-19(29-3)10-15(20)2/h4-13H,1-3H3,(H2,25,28). The van der Waals surface area contributed by atoms with Crippen molar-refractivity contribution in [3.8, 4) is 22.4 Å². The maximum atomic E-state index is 11.6. The van der Waals surface area contributed by atoms with Crippen LogP contribution in [0.4, 0.5) is 0 Å². The van der Waals surface area contributed by atoms with Gasteiger partial charge in [-0.05, 0) is 72.7 Å². The molecule has 3 aromatic carbocycles. The number of thioether (sulfide) groups is 1. The van der Waals surface area contributed by atoms with Crippen molar-refractivity contribution in [2.45, 2.75) is 18.7 Å². The number of hydrogen-bond acceptors (Lipinski definition) is 4. The lowest BCUT2D eigenvalue weighted by Gasteiger charge is -2.12. The Hall–Kier alpha value is -3.18. The van der Waals surface area contributed by atoms with Gasteiger partial charge in [-0.3, -0.25) is 4.79 Å². The SMILES string of the molecule is CSc1ccc(-c2nncc3cc(-c4cc(C(N)=O)ccc4C)ccc23)c(C)c1. The third-order valence-corrected chi connectivity index (χ3v) is 5.91. The molecular formula is C24H21N3OS. The number of aromatic nitrogens is 2. The smallest absolute Gasteiger partial charge is 0.248 e. The Bertz CT molecular complexity index is 1250. The zero-order chi connectivity index (χ0) is 20.5. The molecule has 0 fully saturated rings. The quantitative estimate of drug-likeness (QED) is 0.466. The highest BCUT2D eigenvalue weighted by Crippen LogP contribution is 2.33. The lowest BCUT2D eigenvalue weighted by atomic mass is 9.94. The average Bonchev–Trinajstić information content (AvgIpc) is 2.73. The number of benzene rings is 3. The van der Waals surface area contributed by atoms with Gasteiger partial charge in [0.2, 0.25) is 5.91 Å². The first-order valence-corrected chi connectivity index (χ1v) is 10.5. The number of rotatable bonds is 4. The molecule has 0 unspecified atom stereocenters. The average molecular weight is 400 g/mol. The summed E-state index contributed by atoms with van der Waals surface area (Å²) in [5.41, 5.74) is 12.2. The number of carbonyl (C=O) groups excluding carboxylic acids is 1. The van der Waals surface area contributed by atoms with Gasteiger partial charge in [0.15, 0.2) is 0 Å². The molecule has 0 atom stereocenters. The molecule has 4 aromatic rings. The fraction of sp³-hybridized carbons (Fsp3) is 0.125. The zero-order valence-corrected chi connectivity index (χ0v) is 17.4. The molecule has 0 aliphatic heterocycles.